The van der Waals surface area contributed by atoms with Gasteiger partial charge in [-0.15, -0.1) is 0 Å². The number of rotatable bonds is 8. The van der Waals surface area contributed by atoms with Crippen LogP contribution in [-0.2, 0) is 30.7 Å². The van der Waals surface area contributed by atoms with Crippen LogP contribution in [0.25, 0.3) is 17.3 Å². The van der Waals surface area contributed by atoms with Gasteiger partial charge in [0.05, 0.1) is 37.0 Å². The van der Waals surface area contributed by atoms with Crippen molar-refractivity contribution >= 4 is 39.4 Å². The Morgan fingerprint density at radius 2 is 1.71 bits per heavy atom. The Kier molecular flexibility index (Phi) is 8.25. The van der Waals surface area contributed by atoms with E-state index in [1.807, 2.05) is 36.4 Å². The summed E-state index contributed by atoms with van der Waals surface area (Å²) in [5.74, 6) is 0.536. The van der Waals surface area contributed by atoms with Gasteiger partial charge in [0, 0.05) is 61.5 Å². The molecule has 3 aliphatic heterocycles. The van der Waals surface area contributed by atoms with E-state index in [1.54, 1.807) is 12.3 Å². The molecule has 1 aromatic heterocycles. The third-order valence-electron chi connectivity index (χ3n) is 7.84. The number of benzene rings is 2. The van der Waals surface area contributed by atoms with E-state index in [9.17, 15) is 13.2 Å². The highest BCUT2D eigenvalue weighted by Gasteiger charge is 2.24. The van der Waals surface area contributed by atoms with Crippen LogP contribution in [0.3, 0.4) is 0 Å². The van der Waals surface area contributed by atoms with Gasteiger partial charge >= 0.3 is 0 Å². The fourth-order valence-corrected chi connectivity index (χ4v) is 6.57. The number of fused-ring (bicyclic) bond motifs is 1. The summed E-state index contributed by atoms with van der Waals surface area (Å²) in [4.78, 5) is 21.7. The number of nitrogens with one attached hydrogen (secondary N) is 2. The van der Waals surface area contributed by atoms with Gasteiger partial charge in [-0.05, 0) is 59.8 Å². The predicted molar refractivity (Wildman–Crippen MR) is 163 cm³/mol. The van der Waals surface area contributed by atoms with Crippen LogP contribution in [0.15, 0.2) is 59.6 Å². The lowest BCUT2D eigenvalue weighted by molar-refractivity contribution is -0.109. The summed E-state index contributed by atoms with van der Waals surface area (Å²) in [7, 11) is -3.50. The number of hydrogen-bond acceptors (Lipinski definition) is 10. The van der Waals surface area contributed by atoms with E-state index in [0.29, 0.717) is 54.9 Å². The normalized spacial score (nSPS) is 19.2. The first-order valence-corrected chi connectivity index (χ1v) is 16.0. The maximum Gasteiger partial charge on any atom is 0.175 e. The van der Waals surface area contributed by atoms with Crippen molar-refractivity contribution in [2.45, 2.75) is 17.5 Å². The van der Waals surface area contributed by atoms with Crippen LogP contribution in [0.2, 0.25) is 0 Å². The average molecular weight is 590 g/mol. The monoisotopic (exact) mass is 589 g/mol. The number of morpholine rings is 2. The van der Waals surface area contributed by atoms with E-state index < -0.39 is 15.9 Å². The maximum absolute atomic E-state index is 12.9. The first-order chi connectivity index (χ1) is 20.4. The summed E-state index contributed by atoms with van der Waals surface area (Å²) < 4.78 is 36.7. The molecule has 0 amide bonds. The number of pyridine rings is 1. The molecule has 42 heavy (non-hydrogen) atoms. The second-order valence-corrected chi connectivity index (χ2v) is 12.7. The standard InChI is InChI=1S/C31H35N5O5S/c1-42(38,39)29-19-22(2-3-24(29)20-35-10-14-40-15-11-35)27-18-23-8-9-32-28(21-37)30(23)31(34-27)33-25-4-6-26(7-5-25)36-12-16-41-17-13-36/h2-9,18-19,21,28,32H,10-17,20H2,1H3,(H,33,34). The molecule has 0 aliphatic carbocycles. The number of carbonyl (C=O) groups excluding carboxylic acids is 1. The Morgan fingerprint density at radius 1 is 1.00 bits per heavy atom. The van der Waals surface area contributed by atoms with Gasteiger partial charge < -0.3 is 29.8 Å². The molecule has 3 aromatic rings. The van der Waals surface area contributed by atoms with E-state index in [1.165, 1.54) is 6.26 Å². The van der Waals surface area contributed by atoms with Crippen LogP contribution in [-0.4, -0.2) is 83.5 Å². The van der Waals surface area contributed by atoms with Gasteiger partial charge in [-0.1, -0.05) is 12.1 Å². The predicted octanol–water partition coefficient (Wildman–Crippen LogP) is 3.38. The van der Waals surface area contributed by atoms with Crippen molar-refractivity contribution in [1.29, 1.82) is 0 Å². The molecule has 2 N–H and O–H groups in total. The van der Waals surface area contributed by atoms with E-state index in [-0.39, 0.29) is 0 Å². The average Bonchev–Trinajstić information content (AvgIpc) is 3.01. The molecule has 2 aromatic carbocycles. The van der Waals surface area contributed by atoms with Gasteiger partial charge in [0.15, 0.2) is 9.84 Å². The SMILES string of the molecule is CS(=O)(=O)c1cc(-c2cc3c(c(Nc4ccc(N5CCOCC5)cc4)n2)C(C=O)NC=C3)ccc1CN1CCOCC1. The van der Waals surface area contributed by atoms with Gasteiger partial charge in [-0.3, -0.25) is 4.90 Å². The van der Waals surface area contributed by atoms with E-state index >= 15 is 0 Å². The molecule has 4 heterocycles. The summed E-state index contributed by atoms with van der Waals surface area (Å²) in [5.41, 5.74) is 5.57. The fourth-order valence-electron chi connectivity index (χ4n) is 5.62. The molecule has 2 fully saturated rings. The van der Waals surface area contributed by atoms with Gasteiger partial charge in [0.2, 0.25) is 0 Å². The minimum absolute atomic E-state index is 0.294. The van der Waals surface area contributed by atoms with E-state index in [4.69, 9.17) is 14.5 Å². The summed E-state index contributed by atoms with van der Waals surface area (Å²) in [5, 5.41) is 6.52. The summed E-state index contributed by atoms with van der Waals surface area (Å²) in [6.07, 6.45) is 5.75. The van der Waals surface area contributed by atoms with Crippen LogP contribution in [0.5, 0.6) is 0 Å². The smallest absolute Gasteiger partial charge is 0.175 e. The lowest BCUT2D eigenvalue weighted by atomic mass is 9.96. The first-order valence-electron chi connectivity index (χ1n) is 14.1. The molecule has 6 rings (SSSR count). The van der Waals surface area contributed by atoms with Crippen LogP contribution >= 0.6 is 0 Å². The zero-order valence-electron chi connectivity index (χ0n) is 23.6. The van der Waals surface area contributed by atoms with Crippen molar-refractivity contribution < 1.29 is 22.7 Å². The molecule has 1 unspecified atom stereocenters. The summed E-state index contributed by atoms with van der Waals surface area (Å²) in [6, 6.07) is 15.0. The summed E-state index contributed by atoms with van der Waals surface area (Å²) >= 11 is 0. The van der Waals surface area contributed by atoms with Crippen molar-refractivity contribution in [2.24, 2.45) is 0 Å². The third kappa shape index (κ3) is 6.19. The minimum atomic E-state index is -3.50. The quantitative estimate of drug-likeness (QED) is 0.379. The molecule has 0 radical (unpaired) electrons. The van der Waals surface area contributed by atoms with Crippen molar-refractivity contribution in [3.8, 4) is 11.3 Å². The molecule has 10 nitrogen and oxygen atoms in total. The van der Waals surface area contributed by atoms with Crippen molar-refractivity contribution in [2.75, 3.05) is 69.1 Å². The second kappa shape index (κ2) is 12.2. The van der Waals surface area contributed by atoms with Gasteiger partial charge in [0.25, 0.3) is 0 Å². The van der Waals surface area contributed by atoms with Gasteiger partial charge in [0.1, 0.15) is 18.1 Å². The molecule has 0 saturated carbocycles. The molecule has 1 atom stereocenters. The number of aldehydes is 1. The zero-order valence-corrected chi connectivity index (χ0v) is 24.4. The molecule has 0 bridgehead atoms. The second-order valence-electron chi connectivity index (χ2n) is 10.7. The van der Waals surface area contributed by atoms with Crippen molar-refractivity contribution in [1.82, 2.24) is 15.2 Å². The van der Waals surface area contributed by atoms with Gasteiger partial charge in [-0.2, -0.15) is 0 Å². The molecule has 11 heteroatoms. The van der Waals surface area contributed by atoms with Crippen LogP contribution < -0.4 is 15.5 Å². The topological polar surface area (TPSA) is 113 Å². The van der Waals surface area contributed by atoms with Gasteiger partial charge in [-0.25, -0.2) is 13.4 Å². The van der Waals surface area contributed by atoms with E-state index in [0.717, 1.165) is 60.5 Å². The Hall–Kier alpha value is -3.77. The Morgan fingerprint density at radius 3 is 2.40 bits per heavy atom. The highest BCUT2D eigenvalue weighted by atomic mass is 32.2. The number of carbonyl (C=O) groups is 1. The zero-order chi connectivity index (χ0) is 29.1. The minimum Gasteiger partial charge on any atom is -0.379 e. The van der Waals surface area contributed by atoms with Crippen molar-refractivity contribution in [3.05, 3.63) is 71.4 Å². The molecular formula is C31H35N5O5S. The molecule has 0 spiro atoms. The fraction of sp³-hybridized carbons (Fsp3) is 0.355. The third-order valence-corrected chi connectivity index (χ3v) is 9.02. The highest BCUT2D eigenvalue weighted by Crippen LogP contribution is 2.35. The van der Waals surface area contributed by atoms with Crippen LogP contribution in [0.1, 0.15) is 22.7 Å². The molecular weight excluding hydrogens is 554 g/mol. The molecule has 220 valence electrons. The van der Waals surface area contributed by atoms with Crippen LogP contribution in [0, 0.1) is 0 Å². The first kappa shape index (κ1) is 28.4. The summed E-state index contributed by atoms with van der Waals surface area (Å²) in [6.45, 7) is 6.47. The number of aromatic nitrogens is 1. The lowest BCUT2D eigenvalue weighted by Crippen LogP contribution is -2.36. The number of nitrogens with zero attached hydrogens (tertiary/aromatic N) is 3. The molecule has 3 aliphatic rings. The Balaban J connectivity index is 1.36. The number of anilines is 3. The lowest BCUT2D eigenvalue weighted by Gasteiger charge is -2.29. The van der Waals surface area contributed by atoms with Crippen molar-refractivity contribution in [3.63, 3.8) is 0 Å². The number of sulfone groups is 1. The molecule has 2 saturated heterocycles. The number of hydrogen-bond donors (Lipinski definition) is 2. The largest absolute Gasteiger partial charge is 0.379 e. The Bertz CT molecular complexity index is 1580. The number of ether oxygens (including phenoxy) is 2. The van der Waals surface area contributed by atoms with Crippen LogP contribution in [0.4, 0.5) is 17.2 Å². The maximum atomic E-state index is 12.9. The van der Waals surface area contributed by atoms with E-state index in [2.05, 4.69) is 32.6 Å². The highest BCUT2D eigenvalue weighted by molar-refractivity contribution is 7.90. The Labute approximate surface area is 246 Å².